The number of ether oxygens (including phenoxy) is 2. The van der Waals surface area contributed by atoms with Gasteiger partial charge in [-0.2, -0.15) is 8.78 Å². The topological polar surface area (TPSA) is 72.7 Å². The Hall–Kier alpha value is -3.36. The highest BCUT2D eigenvalue weighted by atomic mass is 19.3. The number of rotatable bonds is 9. The summed E-state index contributed by atoms with van der Waals surface area (Å²) in [4.78, 5) is 8.77. The third-order valence-corrected chi connectivity index (χ3v) is 4.86. The first-order valence-electron chi connectivity index (χ1n) is 10.00. The number of aliphatic imine (C=N–C) groups is 1. The minimum absolute atomic E-state index is 0.0692. The van der Waals surface area contributed by atoms with Gasteiger partial charge in [-0.05, 0) is 37.6 Å². The number of aromatic nitrogens is 2. The van der Waals surface area contributed by atoms with Gasteiger partial charge in [-0.15, -0.1) is 0 Å². The maximum Gasteiger partial charge on any atom is 0.387 e. The van der Waals surface area contributed by atoms with Crippen LogP contribution < -0.4 is 20.1 Å². The van der Waals surface area contributed by atoms with Crippen LogP contribution in [0, 0.1) is 6.92 Å². The molecule has 0 spiro atoms. The molecule has 1 aromatic heterocycles. The second kappa shape index (κ2) is 10.6. The maximum atomic E-state index is 12.7. The van der Waals surface area contributed by atoms with Crippen molar-refractivity contribution >= 4 is 17.0 Å². The molecule has 3 rings (SSSR count). The van der Waals surface area contributed by atoms with E-state index in [1.54, 1.807) is 19.2 Å². The molecule has 0 amide bonds. The van der Waals surface area contributed by atoms with Crippen LogP contribution >= 0.6 is 0 Å². The number of benzene rings is 2. The SMILES string of the molecule is CN=C(NCCCn1c(C)nc2ccccc21)NCc1ccc(OC)cc1OC(F)F. The fourth-order valence-corrected chi connectivity index (χ4v) is 3.34. The zero-order chi connectivity index (χ0) is 22.2. The van der Waals surface area contributed by atoms with E-state index in [0.717, 1.165) is 29.8 Å². The van der Waals surface area contributed by atoms with E-state index in [1.165, 1.54) is 13.2 Å². The highest BCUT2D eigenvalue weighted by Gasteiger charge is 2.12. The van der Waals surface area contributed by atoms with Crippen molar-refractivity contribution in [1.29, 1.82) is 0 Å². The Balaban J connectivity index is 1.53. The van der Waals surface area contributed by atoms with Gasteiger partial charge < -0.3 is 24.7 Å². The first-order valence-corrected chi connectivity index (χ1v) is 10.00. The van der Waals surface area contributed by atoms with Crippen molar-refractivity contribution in [2.45, 2.75) is 33.0 Å². The third-order valence-electron chi connectivity index (χ3n) is 4.86. The van der Waals surface area contributed by atoms with Crippen molar-refractivity contribution in [2.24, 2.45) is 4.99 Å². The van der Waals surface area contributed by atoms with Crippen molar-refractivity contribution in [1.82, 2.24) is 20.2 Å². The molecule has 0 atom stereocenters. The molecule has 0 fully saturated rings. The Kier molecular flexibility index (Phi) is 7.64. The lowest BCUT2D eigenvalue weighted by molar-refractivity contribution is -0.0505. The van der Waals surface area contributed by atoms with Crippen LogP contribution in [-0.2, 0) is 13.1 Å². The Morgan fingerprint density at radius 1 is 1.19 bits per heavy atom. The van der Waals surface area contributed by atoms with E-state index in [4.69, 9.17) is 4.74 Å². The molecular weight excluding hydrogens is 404 g/mol. The zero-order valence-electron chi connectivity index (χ0n) is 17.9. The second-order valence-electron chi connectivity index (χ2n) is 6.86. The molecule has 1 heterocycles. The molecule has 3 aromatic rings. The fourth-order valence-electron chi connectivity index (χ4n) is 3.34. The lowest BCUT2D eigenvalue weighted by atomic mass is 10.2. The summed E-state index contributed by atoms with van der Waals surface area (Å²) in [6, 6.07) is 12.9. The second-order valence-corrected chi connectivity index (χ2v) is 6.86. The first-order chi connectivity index (χ1) is 15.0. The number of para-hydroxylation sites is 2. The number of alkyl halides is 2. The van der Waals surface area contributed by atoms with Gasteiger partial charge in [0.05, 0.1) is 18.1 Å². The van der Waals surface area contributed by atoms with Crippen LogP contribution in [0.5, 0.6) is 11.5 Å². The van der Waals surface area contributed by atoms with Crippen LogP contribution in [0.15, 0.2) is 47.5 Å². The minimum atomic E-state index is -2.91. The predicted octanol–water partition coefficient (Wildman–Crippen LogP) is 3.71. The van der Waals surface area contributed by atoms with E-state index in [2.05, 4.69) is 36.0 Å². The molecule has 0 radical (unpaired) electrons. The Labute approximate surface area is 180 Å². The van der Waals surface area contributed by atoms with Gasteiger partial charge in [0.2, 0.25) is 0 Å². The Morgan fingerprint density at radius 3 is 2.74 bits per heavy atom. The molecule has 31 heavy (non-hydrogen) atoms. The van der Waals surface area contributed by atoms with Gasteiger partial charge in [0, 0.05) is 38.3 Å². The molecule has 2 aromatic carbocycles. The summed E-state index contributed by atoms with van der Waals surface area (Å²) in [5.41, 5.74) is 2.69. The van der Waals surface area contributed by atoms with E-state index in [1.807, 2.05) is 25.1 Å². The lowest BCUT2D eigenvalue weighted by Gasteiger charge is -2.15. The van der Waals surface area contributed by atoms with Gasteiger partial charge in [0.25, 0.3) is 0 Å². The molecule has 0 saturated heterocycles. The van der Waals surface area contributed by atoms with E-state index >= 15 is 0 Å². The van der Waals surface area contributed by atoms with Gasteiger partial charge in [-0.25, -0.2) is 4.98 Å². The molecule has 9 heteroatoms. The van der Waals surface area contributed by atoms with E-state index < -0.39 is 6.61 Å². The number of guanidine groups is 1. The molecule has 0 aliphatic carbocycles. The van der Waals surface area contributed by atoms with Crippen molar-refractivity contribution in [3.8, 4) is 11.5 Å². The van der Waals surface area contributed by atoms with Crippen molar-refractivity contribution in [2.75, 3.05) is 20.7 Å². The standard InChI is InChI=1S/C22H27F2N5O2/c1-15-28-18-7-4-5-8-19(18)29(15)12-6-11-26-22(25-2)27-14-16-9-10-17(30-3)13-20(16)31-21(23)24/h4-5,7-10,13,21H,6,11-12,14H2,1-3H3,(H2,25,26,27). The largest absolute Gasteiger partial charge is 0.497 e. The fraction of sp³-hybridized carbons (Fsp3) is 0.364. The molecule has 0 saturated carbocycles. The van der Waals surface area contributed by atoms with Gasteiger partial charge in [-0.3, -0.25) is 4.99 Å². The summed E-state index contributed by atoms with van der Waals surface area (Å²) in [7, 11) is 3.13. The molecule has 7 nitrogen and oxygen atoms in total. The van der Waals surface area contributed by atoms with Gasteiger partial charge in [-0.1, -0.05) is 12.1 Å². The Bertz CT molecular complexity index is 1040. The molecule has 0 aliphatic heterocycles. The summed E-state index contributed by atoms with van der Waals surface area (Å²) in [5.74, 6) is 2.07. The number of hydrogen-bond donors (Lipinski definition) is 2. The summed E-state index contributed by atoms with van der Waals surface area (Å²) in [5, 5.41) is 6.37. The van der Waals surface area contributed by atoms with Gasteiger partial charge in [0.15, 0.2) is 5.96 Å². The van der Waals surface area contributed by atoms with Crippen molar-refractivity contribution in [3.63, 3.8) is 0 Å². The normalized spacial score (nSPS) is 11.7. The number of nitrogens with one attached hydrogen (secondary N) is 2. The van der Waals surface area contributed by atoms with Crippen molar-refractivity contribution in [3.05, 3.63) is 53.9 Å². The quantitative estimate of drug-likeness (QED) is 0.307. The van der Waals surface area contributed by atoms with E-state index in [-0.39, 0.29) is 12.3 Å². The average Bonchev–Trinajstić information content (AvgIpc) is 3.08. The monoisotopic (exact) mass is 431 g/mol. The number of imidazole rings is 1. The molecule has 2 N–H and O–H groups in total. The van der Waals surface area contributed by atoms with Crippen LogP contribution in [0.3, 0.4) is 0 Å². The highest BCUT2D eigenvalue weighted by Crippen LogP contribution is 2.26. The number of halogens is 2. The minimum Gasteiger partial charge on any atom is -0.497 e. The predicted molar refractivity (Wildman–Crippen MR) is 117 cm³/mol. The average molecular weight is 431 g/mol. The van der Waals surface area contributed by atoms with E-state index in [9.17, 15) is 8.78 Å². The van der Waals surface area contributed by atoms with Crippen molar-refractivity contribution < 1.29 is 18.3 Å². The maximum absolute atomic E-state index is 12.7. The summed E-state index contributed by atoms with van der Waals surface area (Å²) in [6.07, 6.45) is 0.865. The molecule has 0 aliphatic rings. The molecule has 0 unspecified atom stereocenters. The number of hydrogen-bond acceptors (Lipinski definition) is 4. The number of fused-ring (bicyclic) bond motifs is 1. The number of nitrogens with zero attached hydrogens (tertiary/aromatic N) is 3. The van der Waals surface area contributed by atoms with Crippen LogP contribution in [0.2, 0.25) is 0 Å². The molecule has 0 bridgehead atoms. The van der Waals surface area contributed by atoms with Crippen LogP contribution in [0.1, 0.15) is 17.8 Å². The molecule has 166 valence electrons. The number of methoxy groups -OCH3 is 1. The van der Waals surface area contributed by atoms with Crippen LogP contribution in [0.25, 0.3) is 11.0 Å². The number of aryl methyl sites for hydroxylation is 2. The van der Waals surface area contributed by atoms with Crippen LogP contribution in [0.4, 0.5) is 8.78 Å². The molecular formula is C22H27F2N5O2. The van der Waals surface area contributed by atoms with Gasteiger partial charge in [0.1, 0.15) is 17.3 Å². The smallest absolute Gasteiger partial charge is 0.387 e. The first kappa shape index (κ1) is 22.3. The van der Waals surface area contributed by atoms with E-state index in [0.29, 0.717) is 23.8 Å². The summed E-state index contributed by atoms with van der Waals surface area (Å²) < 4.78 is 37.3. The highest BCUT2D eigenvalue weighted by molar-refractivity contribution is 5.79. The third kappa shape index (κ3) is 5.84. The summed E-state index contributed by atoms with van der Waals surface area (Å²) >= 11 is 0. The zero-order valence-corrected chi connectivity index (χ0v) is 17.9. The van der Waals surface area contributed by atoms with Crippen LogP contribution in [-0.4, -0.2) is 42.8 Å². The van der Waals surface area contributed by atoms with Gasteiger partial charge >= 0.3 is 6.61 Å². The summed E-state index contributed by atoms with van der Waals surface area (Å²) in [6.45, 7) is 0.875. The Morgan fingerprint density at radius 2 is 2.00 bits per heavy atom. The lowest BCUT2D eigenvalue weighted by Crippen LogP contribution is -2.37.